The Morgan fingerprint density at radius 3 is 2.67 bits per heavy atom. The summed E-state index contributed by atoms with van der Waals surface area (Å²) in [6.45, 7) is 8.53. The summed E-state index contributed by atoms with van der Waals surface area (Å²) < 4.78 is 0.947. The number of rotatable bonds is 6. The van der Waals surface area contributed by atoms with Gasteiger partial charge in [0.15, 0.2) is 0 Å². The smallest absolute Gasteiger partial charge is 0.268 e. The number of aromatic nitrogens is 1. The number of hydrazine groups is 1. The van der Waals surface area contributed by atoms with Crippen LogP contribution in [0.5, 0.6) is 0 Å². The van der Waals surface area contributed by atoms with Gasteiger partial charge in [0.1, 0.15) is 0 Å². The van der Waals surface area contributed by atoms with Crippen LogP contribution >= 0.6 is 15.9 Å². The molecule has 4 N–H and O–H groups in total. The van der Waals surface area contributed by atoms with E-state index >= 15 is 0 Å². The van der Waals surface area contributed by atoms with Crippen molar-refractivity contribution in [1.29, 1.82) is 0 Å². The summed E-state index contributed by atoms with van der Waals surface area (Å²) in [5, 5.41) is 4.33. The lowest BCUT2D eigenvalue weighted by Gasteiger charge is -2.17. The van der Waals surface area contributed by atoms with Crippen molar-refractivity contribution in [1.82, 2.24) is 15.3 Å². The van der Waals surface area contributed by atoms with Crippen LogP contribution in [0.1, 0.15) is 49.9 Å². The van der Waals surface area contributed by atoms with Gasteiger partial charge in [-0.25, -0.2) is 5.84 Å². The minimum atomic E-state index is -0.341. The first kappa shape index (κ1) is 21.6. The average Bonchev–Trinajstić information content (AvgIpc) is 3.18. The van der Waals surface area contributed by atoms with Gasteiger partial charge >= 0.3 is 0 Å². The molecule has 1 aromatic heterocycles. The Morgan fingerprint density at radius 1 is 1.30 bits per heavy atom. The number of fused-ring (bicyclic) bond motifs is 1. The molecule has 1 saturated heterocycles. The Kier molecular flexibility index (Phi) is 8.97. The van der Waals surface area contributed by atoms with Gasteiger partial charge in [-0.1, -0.05) is 36.2 Å². The lowest BCUT2D eigenvalue weighted by molar-refractivity contribution is 0.0954. The van der Waals surface area contributed by atoms with E-state index < -0.39 is 0 Å². The zero-order chi connectivity index (χ0) is 19.6. The second-order valence-electron chi connectivity index (χ2n) is 6.72. The normalized spacial score (nSPS) is 13.9. The molecule has 0 unspecified atom stereocenters. The summed E-state index contributed by atoms with van der Waals surface area (Å²) >= 11 is 3.48. The Morgan fingerprint density at radius 2 is 2.00 bits per heavy atom. The molecule has 0 radical (unpaired) electrons. The molecule has 27 heavy (non-hydrogen) atoms. The molecule has 0 saturated carbocycles. The van der Waals surface area contributed by atoms with E-state index in [1.165, 1.54) is 32.4 Å². The Hall–Kier alpha value is -1.70. The number of nitrogen functional groups attached to an aromatic ring is 1. The van der Waals surface area contributed by atoms with Crippen LogP contribution in [0.25, 0.3) is 10.9 Å². The highest BCUT2D eigenvalue weighted by atomic mass is 79.9. The molecule has 3 rings (SSSR count). The number of nitrogens with one attached hydrogen (secondary N) is 2. The molecule has 6 nitrogen and oxygen atoms in total. The van der Waals surface area contributed by atoms with Gasteiger partial charge in [0.2, 0.25) is 0 Å². The molecule has 7 heteroatoms. The van der Waals surface area contributed by atoms with Crippen molar-refractivity contribution in [3.05, 3.63) is 34.4 Å². The zero-order valence-corrected chi connectivity index (χ0v) is 17.8. The third-order valence-electron chi connectivity index (χ3n) is 4.36. The van der Waals surface area contributed by atoms with Crippen molar-refractivity contribution in [2.45, 2.75) is 39.5 Å². The number of benzene rings is 1. The van der Waals surface area contributed by atoms with Crippen LogP contribution in [0.15, 0.2) is 28.9 Å². The lowest BCUT2D eigenvalue weighted by atomic mass is 10.1. The first-order valence-corrected chi connectivity index (χ1v) is 10.4. The SMILES string of the molecule is CCC.NNC(=O)c1cnc2ccc(Br)cc2c1NCCCN1CCCC1. The van der Waals surface area contributed by atoms with E-state index in [9.17, 15) is 4.79 Å². The highest BCUT2D eigenvalue weighted by Gasteiger charge is 2.15. The van der Waals surface area contributed by atoms with Gasteiger partial charge in [-0.05, 0) is 57.1 Å². The van der Waals surface area contributed by atoms with Gasteiger partial charge < -0.3 is 10.2 Å². The third kappa shape index (κ3) is 6.16. The molecule has 148 valence electrons. The van der Waals surface area contributed by atoms with Crippen molar-refractivity contribution in [3.63, 3.8) is 0 Å². The van der Waals surface area contributed by atoms with Crippen molar-refractivity contribution < 1.29 is 4.79 Å². The van der Waals surface area contributed by atoms with E-state index in [4.69, 9.17) is 5.84 Å². The molecule has 2 aromatic rings. The number of hydrogen-bond acceptors (Lipinski definition) is 5. The molecule has 0 aliphatic carbocycles. The van der Waals surface area contributed by atoms with Crippen LogP contribution in [-0.4, -0.2) is 42.0 Å². The molecule has 1 amide bonds. The predicted octanol–water partition coefficient (Wildman–Crippen LogP) is 3.91. The molecule has 0 bridgehead atoms. The van der Waals surface area contributed by atoms with E-state index in [0.29, 0.717) is 5.56 Å². The lowest BCUT2D eigenvalue weighted by Crippen LogP contribution is -2.31. The minimum absolute atomic E-state index is 0.341. The molecular weight excluding hydrogens is 406 g/mol. The number of pyridine rings is 1. The molecule has 2 heterocycles. The summed E-state index contributed by atoms with van der Waals surface area (Å²) in [7, 11) is 0. The van der Waals surface area contributed by atoms with Gasteiger partial charge in [0.05, 0.1) is 16.8 Å². The first-order valence-electron chi connectivity index (χ1n) is 9.66. The topological polar surface area (TPSA) is 83.3 Å². The summed E-state index contributed by atoms with van der Waals surface area (Å²) in [5.74, 6) is 4.97. The fourth-order valence-electron chi connectivity index (χ4n) is 3.13. The third-order valence-corrected chi connectivity index (χ3v) is 4.85. The molecule has 1 fully saturated rings. The molecular formula is C20H30BrN5O. The summed E-state index contributed by atoms with van der Waals surface area (Å²) in [4.78, 5) is 18.9. The van der Waals surface area contributed by atoms with Gasteiger partial charge in [-0.3, -0.25) is 15.2 Å². The average molecular weight is 436 g/mol. The number of carbonyl (C=O) groups excluding carboxylic acids is 1. The number of halogens is 1. The van der Waals surface area contributed by atoms with Gasteiger partial charge in [0.25, 0.3) is 5.91 Å². The molecule has 0 atom stereocenters. The second-order valence-corrected chi connectivity index (χ2v) is 7.63. The van der Waals surface area contributed by atoms with Crippen LogP contribution in [-0.2, 0) is 0 Å². The van der Waals surface area contributed by atoms with Crippen molar-refractivity contribution in [2.75, 3.05) is 31.5 Å². The number of carbonyl (C=O) groups is 1. The highest BCUT2D eigenvalue weighted by molar-refractivity contribution is 9.10. The maximum atomic E-state index is 12.1. The number of likely N-dealkylation sites (tertiary alicyclic amines) is 1. The number of anilines is 1. The molecule has 1 aromatic carbocycles. The number of nitrogens with two attached hydrogens (primary N) is 1. The standard InChI is InChI=1S/C17H22BrN5O.C3H8/c18-12-4-5-15-13(10-12)16(14(11-21-15)17(24)22-19)20-6-3-9-23-7-1-2-8-23;1-3-2/h4-5,10-11H,1-3,6-9,19H2,(H,20,21)(H,22,24);3H2,1-2H3. The van der Waals surface area contributed by atoms with E-state index in [1.807, 2.05) is 18.2 Å². The zero-order valence-electron chi connectivity index (χ0n) is 16.2. The molecule has 1 aliphatic rings. The van der Waals surface area contributed by atoms with Crippen LogP contribution in [0.3, 0.4) is 0 Å². The van der Waals surface area contributed by atoms with Crippen molar-refractivity contribution in [2.24, 2.45) is 5.84 Å². The van der Waals surface area contributed by atoms with Crippen LogP contribution in [0, 0.1) is 0 Å². The number of amides is 1. The van der Waals surface area contributed by atoms with Crippen LogP contribution < -0.4 is 16.6 Å². The predicted molar refractivity (Wildman–Crippen MR) is 116 cm³/mol. The highest BCUT2D eigenvalue weighted by Crippen LogP contribution is 2.28. The fourth-order valence-corrected chi connectivity index (χ4v) is 3.49. The fraction of sp³-hybridized carbons (Fsp3) is 0.500. The largest absolute Gasteiger partial charge is 0.384 e. The van der Waals surface area contributed by atoms with Gasteiger partial charge in [-0.2, -0.15) is 0 Å². The maximum absolute atomic E-state index is 12.1. The summed E-state index contributed by atoms with van der Waals surface area (Å²) in [6, 6.07) is 5.84. The number of nitrogens with zero attached hydrogens (tertiary/aromatic N) is 2. The first-order chi connectivity index (χ1) is 13.1. The van der Waals surface area contributed by atoms with Crippen molar-refractivity contribution in [3.8, 4) is 0 Å². The maximum Gasteiger partial charge on any atom is 0.268 e. The Bertz CT molecular complexity index is 746. The van der Waals surface area contributed by atoms with Crippen molar-refractivity contribution >= 4 is 38.4 Å². The summed E-state index contributed by atoms with van der Waals surface area (Å²) in [5.41, 5.74) is 4.28. The van der Waals surface area contributed by atoms with Gasteiger partial charge in [0, 0.05) is 22.6 Å². The van der Waals surface area contributed by atoms with E-state index in [-0.39, 0.29) is 5.91 Å². The van der Waals surface area contributed by atoms with Gasteiger partial charge in [-0.15, -0.1) is 0 Å². The van der Waals surface area contributed by atoms with E-state index in [0.717, 1.165) is 40.6 Å². The monoisotopic (exact) mass is 435 g/mol. The summed E-state index contributed by atoms with van der Waals surface area (Å²) in [6.07, 6.45) is 6.46. The van der Waals surface area contributed by atoms with Crippen LogP contribution in [0.2, 0.25) is 0 Å². The minimum Gasteiger partial charge on any atom is -0.384 e. The van der Waals surface area contributed by atoms with E-state index in [2.05, 4.69) is 50.4 Å². The molecule has 1 aliphatic heterocycles. The Labute approximate surface area is 170 Å². The van der Waals surface area contributed by atoms with E-state index in [1.54, 1.807) is 6.20 Å². The van der Waals surface area contributed by atoms with Crippen LogP contribution in [0.4, 0.5) is 5.69 Å². The molecule has 0 spiro atoms. The number of hydrogen-bond donors (Lipinski definition) is 3. The second kappa shape index (κ2) is 11.2. The Balaban J connectivity index is 0.000000817. The quantitative estimate of drug-likeness (QED) is 0.277.